The van der Waals surface area contributed by atoms with Crippen LogP contribution in [0.25, 0.3) is 0 Å². The molecule has 0 bridgehead atoms. The number of aryl methyl sites for hydroxylation is 1. The molecule has 1 unspecified atom stereocenters. The summed E-state index contributed by atoms with van der Waals surface area (Å²) in [7, 11) is 0. The molecule has 80 valence electrons. The van der Waals surface area contributed by atoms with Crippen molar-refractivity contribution in [2.75, 3.05) is 5.75 Å². The summed E-state index contributed by atoms with van der Waals surface area (Å²) in [6, 6.07) is 10.7. The number of rotatable bonds is 5. The van der Waals surface area contributed by atoms with E-state index in [1.807, 2.05) is 6.07 Å². The van der Waals surface area contributed by atoms with Gasteiger partial charge in [-0.1, -0.05) is 31.5 Å². The van der Waals surface area contributed by atoms with E-state index in [4.69, 9.17) is 5.26 Å². The number of nitriles is 1. The van der Waals surface area contributed by atoms with Crippen molar-refractivity contribution in [1.82, 2.24) is 0 Å². The van der Waals surface area contributed by atoms with Gasteiger partial charge in [-0.15, -0.1) is 11.8 Å². The van der Waals surface area contributed by atoms with Crippen LogP contribution >= 0.6 is 11.8 Å². The van der Waals surface area contributed by atoms with Gasteiger partial charge in [0.15, 0.2) is 0 Å². The lowest BCUT2D eigenvalue weighted by molar-refractivity contribution is 0.655. The Morgan fingerprint density at radius 2 is 2.13 bits per heavy atom. The third kappa shape index (κ3) is 3.97. The van der Waals surface area contributed by atoms with Gasteiger partial charge in [-0.3, -0.25) is 0 Å². The van der Waals surface area contributed by atoms with Gasteiger partial charge in [-0.25, -0.2) is 0 Å². The zero-order chi connectivity index (χ0) is 11.1. The monoisotopic (exact) mass is 219 g/mol. The molecule has 0 aromatic heterocycles. The lowest BCUT2D eigenvalue weighted by Crippen LogP contribution is -1.99. The van der Waals surface area contributed by atoms with E-state index >= 15 is 0 Å². The fraction of sp³-hybridized carbons (Fsp3) is 0.462. The van der Waals surface area contributed by atoms with Crippen LogP contribution in [0.15, 0.2) is 29.2 Å². The summed E-state index contributed by atoms with van der Waals surface area (Å²) in [5, 5.41) is 8.94. The lowest BCUT2D eigenvalue weighted by atomic mass is 10.1. The fourth-order valence-corrected chi connectivity index (χ4v) is 2.53. The van der Waals surface area contributed by atoms with E-state index in [1.165, 1.54) is 10.5 Å². The summed E-state index contributed by atoms with van der Waals surface area (Å²) in [5.74, 6) is 1.11. The molecule has 0 spiro atoms. The lowest BCUT2D eigenvalue weighted by Gasteiger charge is -2.08. The summed E-state index contributed by atoms with van der Waals surface area (Å²) in [4.78, 5) is 1.30. The second-order valence-electron chi connectivity index (χ2n) is 3.69. The summed E-state index contributed by atoms with van der Waals surface area (Å²) in [5.41, 5.74) is 1.30. The summed E-state index contributed by atoms with van der Waals surface area (Å²) >= 11 is 1.80. The van der Waals surface area contributed by atoms with Crippen molar-refractivity contribution in [2.24, 2.45) is 5.92 Å². The number of benzene rings is 1. The Bertz CT molecular complexity index is 341. The van der Waals surface area contributed by atoms with Gasteiger partial charge in [-0.05, 0) is 25.0 Å². The molecule has 0 aliphatic rings. The Morgan fingerprint density at radius 3 is 2.73 bits per heavy atom. The first-order valence-electron chi connectivity index (χ1n) is 5.36. The van der Waals surface area contributed by atoms with Gasteiger partial charge in [0.05, 0.1) is 12.0 Å². The van der Waals surface area contributed by atoms with E-state index in [0.717, 1.165) is 18.6 Å². The van der Waals surface area contributed by atoms with Crippen LogP contribution in [0.2, 0.25) is 0 Å². The molecule has 0 fully saturated rings. The van der Waals surface area contributed by atoms with Crippen LogP contribution in [0.3, 0.4) is 0 Å². The van der Waals surface area contributed by atoms with Gasteiger partial charge >= 0.3 is 0 Å². The van der Waals surface area contributed by atoms with Gasteiger partial charge in [0.1, 0.15) is 0 Å². The van der Waals surface area contributed by atoms with E-state index in [1.54, 1.807) is 11.8 Å². The van der Waals surface area contributed by atoms with Crippen LogP contribution in [0.4, 0.5) is 0 Å². The molecule has 1 aromatic rings. The molecule has 0 N–H and O–H groups in total. The molecule has 1 aromatic carbocycles. The van der Waals surface area contributed by atoms with E-state index in [0.29, 0.717) is 0 Å². The van der Waals surface area contributed by atoms with Crippen LogP contribution in [0, 0.1) is 24.2 Å². The molecule has 0 saturated carbocycles. The molecule has 0 radical (unpaired) electrons. The van der Waals surface area contributed by atoms with E-state index in [9.17, 15) is 0 Å². The second-order valence-corrected chi connectivity index (χ2v) is 4.75. The van der Waals surface area contributed by atoms with Gasteiger partial charge in [0.25, 0.3) is 0 Å². The Kier molecular flexibility index (Phi) is 5.28. The average molecular weight is 219 g/mol. The van der Waals surface area contributed by atoms with Crippen LogP contribution in [0.1, 0.15) is 25.3 Å². The van der Waals surface area contributed by atoms with E-state index in [2.05, 4.69) is 38.1 Å². The molecular formula is C13H17NS. The first-order valence-corrected chi connectivity index (χ1v) is 6.34. The highest BCUT2D eigenvalue weighted by Crippen LogP contribution is 2.25. The molecule has 1 nitrogen and oxygen atoms in total. The molecule has 0 saturated heterocycles. The molecule has 0 heterocycles. The standard InChI is InChI=1S/C13H17NS/c1-3-6-12(9-14)10-15-13-8-5-4-7-11(13)2/h4-5,7-8,12H,3,6,10H2,1-2H3. The predicted octanol–water partition coefficient (Wildman–Crippen LogP) is 4.03. The Hall–Kier alpha value is -0.940. The summed E-state index contributed by atoms with van der Waals surface area (Å²) < 4.78 is 0. The molecule has 0 aliphatic heterocycles. The maximum Gasteiger partial charge on any atom is 0.0664 e. The van der Waals surface area contributed by atoms with Crippen LogP contribution in [-0.4, -0.2) is 5.75 Å². The van der Waals surface area contributed by atoms with Crippen molar-refractivity contribution < 1.29 is 0 Å². The third-order valence-electron chi connectivity index (χ3n) is 2.35. The van der Waals surface area contributed by atoms with Crippen molar-refractivity contribution in [3.8, 4) is 6.07 Å². The Labute approximate surface area is 96.5 Å². The number of nitrogens with zero attached hydrogens (tertiary/aromatic N) is 1. The molecule has 1 rings (SSSR count). The number of thioether (sulfide) groups is 1. The molecule has 1 atom stereocenters. The first-order chi connectivity index (χ1) is 7.27. The van der Waals surface area contributed by atoms with Crippen LogP contribution in [-0.2, 0) is 0 Å². The minimum absolute atomic E-state index is 0.194. The quantitative estimate of drug-likeness (QED) is 0.698. The largest absolute Gasteiger partial charge is 0.198 e. The molecule has 0 aliphatic carbocycles. The second kappa shape index (κ2) is 6.53. The Balaban J connectivity index is 2.50. The zero-order valence-corrected chi connectivity index (χ0v) is 10.2. The van der Waals surface area contributed by atoms with E-state index < -0.39 is 0 Å². The molecule has 15 heavy (non-hydrogen) atoms. The minimum Gasteiger partial charge on any atom is -0.198 e. The number of hydrogen-bond donors (Lipinski definition) is 0. The smallest absolute Gasteiger partial charge is 0.0664 e. The third-order valence-corrected chi connectivity index (χ3v) is 3.69. The highest BCUT2D eigenvalue weighted by molar-refractivity contribution is 7.99. The molecule has 2 heteroatoms. The van der Waals surface area contributed by atoms with Gasteiger partial charge in [0.2, 0.25) is 0 Å². The van der Waals surface area contributed by atoms with Gasteiger partial charge in [-0.2, -0.15) is 5.26 Å². The van der Waals surface area contributed by atoms with Crippen LogP contribution in [0.5, 0.6) is 0 Å². The number of hydrogen-bond acceptors (Lipinski definition) is 2. The first kappa shape index (κ1) is 12.1. The van der Waals surface area contributed by atoms with E-state index in [-0.39, 0.29) is 5.92 Å². The minimum atomic E-state index is 0.194. The summed E-state index contributed by atoms with van der Waals surface area (Å²) in [6.45, 7) is 4.24. The topological polar surface area (TPSA) is 23.8 Å². The fourth-order valence-electron chi connectivity index (χ4n) is 1.44. The predicted molar refractivity (Wildman–Crippen MR) is 65.9 cm³/mol. The van der Waals surface area contributed by atoms with Crippen molar-refractivity contribution >= 4 is 11.8 Å². The Morgan fingerprint density at radius 1 is 1.40 bits per heavy atom. The average Bonchev–Trinajstić information content (AvgIpc) is 2.26. The highest BCUT2D eigenvalue weighted by atomic mass is 32.2. The van der Waals surface area contributed by atoms with Crippen molar-refractivity contribution in [1.29, 1.82) is 5.26 Å². The van der Waals surface area contributed by atoms with Crippen LogP contribution < -0.4 is 0 Å². The normalized spacial score (nSPS) is 12.1. The SMILES string of the molecule is CCCC(C#N)CSc1ccccc1C. The van der Waals surface area contributed by atoms with Crippen molar-refractivity contribution in [2.45, 2.75) is 31.6 Å². The van der Waals surface area contributed by atoms with Crippen molar-refractivity contribution in [3.63, 3.8) is 0 Å². The van der Waals surface area contributed by atoms with Gasteiger partial charge in [0, 0.05) is 10.6 Å². The maximum atomic E-state index is 8.94. The van der Waals surface area contributed by atoms with Crippen molar-refractivity contribution in [3.05, 3.63) is 29.8 Å². The zero-order valence-electron chi connectivity index (χ0n) is 9.36. The summed E-state index contributed by atoms with van der Waals surface area (Å²) in [6.07, 6.45) is 2.10. The molecule has 0 amide bonds. The van der Waals surface area contributed by atoms with Gasteiger partial charge < -0.3 is 0 Å². The highest BCUT2D eigenvalue weighted by Gasteiger charge is 2.07. The molecular weight excluding hydrogens is 202 g/mol. The maximum absolute atomic E-state index is 8.94.